The number of ether oxygens (including phenoxy) is 1. The molecule has 3 rings (SSSR count). The van der Waals surface area contributed by atoms with Gasteiger partial charge >= 0.3 is 0 Å². The maximum Gasteiger partial charge on any atom is 0.251 e. The van der Waals surface area contributed by atoms with E-state index >= 15 is 0 Å². The summed E-state index contributed by atoms with van der Waals surface area (Å²) >= 11 is 0. The molecule has 0 heterocycles. The summed E-state index contributed by atoms with van der Waals surface area (Å²) < 4.78 is 5.78. The van der Waals surface area contributed by atoms with Gasteiger partial charge in [-0.15, -0.1) is 0 Å². The summed E-state index contributed by atoms with van der Waals surface area (Å²) in [5, 5.41) is 8.74. The van der Waals surface area contributed by atoms with Crippen LogP contribution in [0.15, 0.2) is 78.9 Å². The molecule has 0 saturated carbocycles. The number of amides is 2. The van der Waals surface area contributed by atoms with E-state index in [9.17, 15) is 9.59 Å². The molecule has 3 aromatic carbocycles. The summed E-state index contributed by atoms with van der Waals surface area (Å²) in [6, 6.07) is 24.6. The van der Waals surface area contributed by atoms with Crippen LogP contribution in [-0.2, 0) is 11.2 Å². The van der Waals surface area contributed by atoms with Crippen molar-refractivity contribution >= 4 is 23.2 Å². The molecule has 0 aliphatic rings. The van der Waals surface area contributed by atoms with Crippen molar-refractivity contribution < 1.29 is 14.3 Å². The van der Waals surface area contributed by atoms with Crippen LogP contribution in [0.5, 0.6) is 5.75 Å². The van der Waals surface area contributed by atoms with Crippen LogP contribution in [0.3, 0.4) is 0 Å². The summed E-state index contributed by atoms with van der Waals surface area (Å²) in [5.41, 5.74) is 3.27. The van der Waals surface area contributed by atoms with E-state index in [0.717, 1.165) is 17.9 Å². The fourth-order valence-corrected chi connectivity index (χ4v) is 3.04. The monoisotopic (exact) mass is 431 g/mol. The van der Waals surface area contributed by atoms with Crippen LogP contribution in [0, 0.1) is 0 Å². The second-order valence-corrected chi connectivity index (χ2v) is 7.72. The van der Waals surface area contributed by atoms with Crippen LogP contribution in [0.2, 0.25) is 0 Å². The number of rotatable bonds is 10. The van der Waals surface area contributed by atoms with E-state index in [0.29, 0.717) is 17.9 Å². The number of carbonyl (C=O) groups excluding carboxylic acids is 2. The molecule has 32 heavy (non-hydrogen) atoms. The van der Waals surface area contributed by atoms with Crippen molar-refractivity contribution in [2.24, 2.45) is 0 Å². The molecule has 3 aromatic rings. The molecule has 0 unspecified atom stereocenters. The summed E-state index contributed by atoms with van der Waals surface area (Å²) in [6.07, 6.45) is 0.852. The first kappa shape index (κ1) is 22.9. The summed E-state index contributed by atoms with van der Waals surface area (Å²) in [5.74, 6) is 0.483. The van der Waals surface area contributed by atoms with Crippen LogP contribution in [0.25, 0.3) is 0 Å². The first-order valence-corrected chi connectivity index (χ1v) is 10.7. The van der Waals surface area contributed by atoms with E-state index in [4.69, 9.17) is 4.74 Å². The minimum atomic E-state index is -0.174. The lowest BCUT2D eigenvalue weighted by Gasteiger charge is -2.11. The van der Waals surface area contributed by atoms with Crippen molar-refractivity contribution in [3.05, 3.63) is 90.0 Å². The van der Waals surface area contributed by atoms with Gasteiger partial charge in [0.1, 0.15) is 5.75 Å². The minimum absolute atomic E-state index is 0.0721. The van der Waals surface area contributed by atoms with E-state index in [1.807, 2.05) is 56.3 Å². The van der Waals surface area contributed by atoms with Crippen LogP contribution >= 0.6 is 0 Å². The number of carbonyl (C=O) groups is 2. The van der Waals surface area contributed by atoms with Crippen molar-refractivity contribution in [1.82, 2.24) is 5.32 Å². The Kier molecular flexibility index (Phi) is 8.26. The molecule has 6 nitrogen and oxygen atoms in total. The second-order valence-electron chi connectivity index (χ2n) is 7.72. The van der Waals surface area contributed by atoms with E-state index in [1.165, 1.54) is 5.56 Å². The van der Waals surface area contributed by atoms with Crippen LogP contribution < -0.4 is 20.7 Å². The molecule has 166 valence electrons. The van der Waals surface area contributed by atoms with Gasteiger partial charge in [-0.05, 0) is 67.9 Å². The summed E-state index contributed by atoms with van der Waals surface area (Å²) in [6.45, 7) is 4.55. The van der Waals surface area contributed by atoms with Crippen molar-refractivity contribution in [3.63, 3.8) is 0 Å². The molecule has 0 spiro atoms. The largest absolute Gasteiger partial charge is 0.493 e. The number of nitrogens with one attached hydrogen (secondary N) is 3. The standard InChI is InChI=1S/C26H29N3O3/c1-19(2)28-26(31)21-8-10-23(11-9-21)29-25(30)18-27-22-12-14-24(15-13-22)32-17-16-20-6-4-3-5-7-20/h3-15,19,27H,16-18H2,1-2H3,(H,28,31)(H,29,30). The van der Waals surface area contributed by atoms with E-state index in [-0.39, 0.29) is 24.4 Å². The van der Waals surface area contributed by atoms with E-state index in [2.05, 4.69) is 28.1 Å². The average Bonchev–Trinajstić information content (AvgIpc) is 2.79. The second kappa shape index (κ2) is 11.6. The Hall–Kier alpha value is -3.80. The van der Waals surface area contributed by atoms with Crippen molar-refractivity contribution in [1.29, 1.82) is 0 Å². The number of hydrogen-bond acceptors (Lipinski definition) is 4. The van der Waals surface area contributed by atoms with Gasteiger partial charge in [0.2, 0.25) is 5.91 Å². The molecule has 0 saturated heterocycles. The molecular weight excluding hydrogens is 402 g/mol. The predicted molar refractivity (Wildman–Crippen MR) is 128 cm³/mol. The lowest BCUT2D eigenvalue weighted by molar-refractivity contribution is -0.114. The van der Waals surface area contributed by atoms with Gasteiger partial charge in [0.15, 0.2) is 0 Å². The van der Waals surface area contributed by atoms with Gasteiger partial charge < -0.3 is 20.7 Å². The van der Waals surface area contributed by atoms with Gasteiger partial charge in [-0.25, -0.2) is 0 Å². The zero-order chi connectivity index (χ0) is 22.8. The third kappa shape index (κ3) is 7.47. The summed E-state index contributed by atoms with van der Waals surface area (Å²) in [4.78, 5) is 24.2. The topological polar surface area (TPSA) is 79.5 Å². The van der Waals surface area contributed by atoms with Crippen LogP contribution in [0.1, 0.15) is 29.8 Å². The van der Waals surface area contributed by atoms with Crippen LogP contribution in [0.4, 0.5) is 11.4 Å². The molecule has 0 aliphatic heterocycles. The molecule has 0 fully saturated rings. The third-order valence-electron chi connectivity index (χ3n) is 4.66. The zero-order valence-corrected chi connectivity index (χ0v) is 18.4. The molecule has 6 heteroatoms. The third-order valence-corrected chi connectivity index (χ3v) is 4.66. The fraction of sp³-hybridized carbons (Fsp3) is 0.231. The highest BCUT2D eigenvalue weighted by atomic mass is 16.5. The number of hydrogen-bond donors (Lipinski definition) is 3. The Labute approximate surface area is 189 Å². The molecule has 2 amide bonds. The molecule has 0 bridgehead atoms. The van der Waals surface area contributed by atoms with Gasteiger partial charge in [0.05, 0.1) is 13.2 Å². The van der Waals surface area contributed by atoms with Gasteiger partial charge in [-0.1, -0.05) is 30.3 Å². The first-order chi connectivity index (χ1) is 15.5. The van der Waals surface area contributed by atoms with E-state index < -0.39 is 0 Å². The Bertz CT molecular complexity index is 1000. The first-order valence-electron chi connectivity index (χ1n) is 10.7. The smallest absolute Gasteiger partial charge is 0.251 e. The van der Waals surface area contributed by atoms with Crippen molar-refractivity contribution in [2.45, 2.75) is 26.3 Å². The molecule has 0 aromatic heterocycles. The molecular formula is C26H29N3O3. The average molecular weight is 432 g/mol. The molecule has 0 atom stereocenters. The lowest BCUT2D eigenvalue weighted by atomic mass is 10.2. The zero-order valence-electron chi connectivity index (χ0n) is 18.4. The normalized spacial score (nSPS) is 10.5. The quantitative estimate of drug-likeness (QED) is 0.442. The van der Waals surface area contributed by atoms with Crippen LogP contribution in [-0.4, -0.2) is 31.0 Å². The molecule has 0 radical (unpaired) electrons. The van der Waals surface area contributed by atoms with Gasteiger partial charge in [0, 0.05) is 29.4 Å². The highest BCUT2D eigenvalue weighted by Crippen LogP contribution is 2.16. The lowest BCUT2D eigenvalue weighted by Crippen LogP contribution is -2.30. The molecule has 3 N–H and O–H groups in total. The summed E-state index contributed by atoms with van der Waals surface area (Å²) in [7, 11) is 0. The van der Waals surface area contributed by atoms with Crippen molar-refractivity contribution in [2.75, 3.05) is 23.8 Å². The highest BCUT2D eigenvalue weighted by Gasteiger charge is 2.08. The predicted octanol–water partition coefficient (Wildman–Crippen LogP) is 4.50. The molecule has 0 aliphatic carbocycles. The van der Waals surface area contributed by atoms with Crippen molar-refractivity contribution in [3.8, 4) is 5.75 Å². The maximum atomic E-state index is 12.2. The fourth-order valence-electron chi connectivity index (χ4n) is 3.04. The number of benzene rings is 3. The van der Waals surface area contributed by atoms with Gasteiger partial charge in [0.25, 0.3) is 5.91 Å². The maximum absolute atomic E-state index is 12.2. The van der Waals surface area contributed by atoms with Gasteiger partial charge in [-0.2, -0.15) is 0 Å². The Balaban J connectivity index is 1.40. The highest BCUT2D eigenvalue weighted by molar-refractivity contribution is 5.96. The Morgan fingerprint density at radius 3 is 2.16 bits per heavy atom. The number of anilines is 2. The minimum Gasteiger partial charge on any atom is -0.493 e. The SMILES string of the molecule is CC(C)NC(=O)c1ccc(NC(=O)CNc2ccc(OCCc3ccccc3)cc2)cc1. The van der Waals surface area contributed by atoms with Gasteiger partial charge in [-0.3, -0.25) is 9.59 Å². The Morgan fingerprint density at radius 2 is 1.50 bits per heavy atom. The van der Waals surface area contributed by atoms with E-state index in [1.54, 1.807) is 24.3 Å². The Morgan fingerprint density at radius 1 is 0.844 bits per heavy atom.